The van der Waals surface area contributed by atoms with Crippen LogP contribution in [0.5, 0.6) is 0 Å². The van der Waals surface area contributed by atoms with Crippen LogP contribution in [-0.4, -0.2) is 55.8 Å². The van der Waals surface area contributed by atoms with Gasteiger partial charge in [-0.3, -0.25) is 9.89 Å². The maximum Gasteiger partial charge on any atom is 0.191 e. The number of likely N-dealkylation sites (tertiary alicyclic amines) is 1. The molecule has 0 spiro atoms. The van der Waals surface area contributed by atoms with Crippen molar-refractivity contribution >= 4 is 21.9 Å². The van der Waals surface area contributed by atoms with Crippen molar-refractivity contribution < 1.29 is 4.74 Å². The number of aliphatic imine (C=N–C) groups is 1. The minimum absolute atomic E-state index is 0.240. The van der Waals surface area contributed by atoms with Crippen molar-refractivity contribution in [3.8, 4) is 0 Å². The number of piperidine rings is 1. The summed E-state index contributed by atoms with van der Waals surface area (Å²) in [7, 11) is 1.73. The molecule has 1 saturated heterocycles. The average molecular weight is 425 g/mol. The highest BCUT2D eigenvalue weighted by Crippen LogP contribution is 2.16. The Morgan fingerprint density at radius 2 is 1.92 bits per heavy atom. The Morgan fingerprint density at radius 1 is 1.27 bits per heavy atom. The van der Waals surface area contributed by atoms with Crippen LogP contribution < -0.4 is 10.6 Å². The molecule has 0 aromatic heterocycles. The Bertz CT molecular complexity index is 566. The van der Waals surface area contributed by atoms with E-state index in [-0.39, 0.29) is 5.60 Å². The Kier molecular flexibility index (Phi) is 8.38. The van der Waals surface area contributed by atoms with E-state index in [0.29, 0.717) is 12.6 Å². The van der Waals surface area contributed by atoms with E-state index >= 15 is 0 Å². The van der Waals surface area contributed by atoms with Crippen LogP contribution in [0.25, 0.3) is 0 Å². The number of nitrogens with zero attached hydrogens (tertiary/aromatic N) is 2. The first kappa shape index (κ1) is 21.2. The fourth-order valence-electron chi connectivity index (χ4n) is 2.93. The van der Waals surface area contributed by atoms with Crippen LogP contribution >= 0.6 is 15.9 Å². The van der Waals surface area contributed by atoms with E-state index in [1.165, 1.54) is 5.56 Å². The lowest BCUT2D eigenvalue weighted by atomic mass is 10.0. The molecular formula is C20H33BrN4O. The van der Waals surface area contributed by atoms with Crippen LogP contribution in [-0.2, 0) is 11.3 Å². The molecule has 0 amide bonds. The van der Waals surface area contributed by atoms with Gasteiger partial charge in [-0.05, 0) is 51.3 Å². The molecule has 146 valence electrons. The Balaban J connectivity index is 1.81. The van der Waals surface area contributed by atoms with Gasteiger partial charge in [-0.1, -0.05) is 28.1 Å². The average Bonchev–Trinajstić information content (AvgIpc) is 2.63. The maximum absolute atomic E-state index is 5.46. The first-order valence-corrected chi connectivity index (χ1v) is 10.3. The Labute approximate surface area is 166 Å². The van der Waals surface area contributed by atoms with Crippen LogP contribution in [0.15, 0.2) is 33.7 Å². The summed E-state index contributed by atoms with van der Waals surface area (Å²) in [6.45, 7) is 11.0. The van der Waals surface area contributed by atoms with Gasteiger partial charge in [-0.2, -0.15) is 0 Å². The van der Waals surface area contributed by atoms with Gasteiger partial charge in [0.05, 0.1) is 12.1 Å². The molecule has 6 heteroatoms. The molecule has 0 atom stereocenters. The van der Waals surface area contributed by atoms with Crippen molar-refractivity contribution in [2.75, 3.05) is 33.3 Å². The fraction of sp³-hybridized carbons (Fsp3) is 0.650. The molecule has 0 radical (unpaired) electrons. The van der Waals surface area contributed by atoms with Crippen LogP contribution in [0.3, 0.4) is 0 Å². The van der Waals surface area contributed by atoms with Crippen molar-refractivity contribution in [3.63, 3.8) is 0 Å². The van der Waals surface area contributed by atoms with E-state index in [2.05, 4.69) is 76.5 Å². The van der Waals surface area contributed by atoms with Gasteiger partial charge in [0.1, 0.15) is 0 Å². The van der Waals surface area contributed by atoms with Crippen molar-refractivity contribution in [1.29, 1.82) is 0 Å². The van der Waals surface area contributed by atoms with Crippen LogP contribution in [0, 0.1) is 0 Å². The molecule has 1 aliphatic rings. The molecule has 0 aliphatic carbocycles. The summed E-state index contributed by atoms with van der Waals surface area (Å²) in [6, 6.07) is 9.10. The van der Waals surface area contributed by atoms with Crippen LogP contribution in [0.4, 0.5) is 0 Å². The molecule has 1 fully saturated rings. The summed E-state index contributed by atoms with van der Waals surface area (Å²) < 4.78 is 6.60. The van der Waals surface area contributed by atoms with Gasteiger partial charge in [0.2, 0.25) is 0 Å². The minimum Gasteiger partial charge on any atom is -0.377 e. The Morgan fingerprint density at radius 3 is 2.50 bits per heavy atom. The zero-order valence-corrected chi connectivity index (χ0v) is 18.1. The van der Waals surface area contributed by atoms with Gasteiger partial charge in [0.25, 0.3) is 0 Å². The zero-order valence-electron chi connectivity index (χ0n) is 16.5. The highest BCUT2D eigenvalue weighted by molar-refractivity contribution is 9.10. The number of hydrogen-bond acceptors (Lipinski definition) is 3. The standard InChI is InChI=1S/C20H33BrN4O/c1-5-22-19(23-15-20(2,3)26-4)24-18-10-12-25(13-11-18)14-16-6-8-17(21)9-7-16/h6-9,18H,5,10-15H2,1-4H3,(H2,22,23,24). The number of hydrogen-bond donors (Lipinski definition) is 2. The van der Waals surface area contributed by atoms with E-state index in [1.807, 2.05) is 0 Å². The maximum atomic E-state index is 5.46. The molecule has 1 aromatic carbocycles. The fourth-order valence-corrected chi connectivity index (χ4v) is 3.20. The smallest absolute Gasteiger partial charge is 0.191 e. The van der Waals surface area contributed by atoms with Gasteiger partial charge in [-0.15, -0.1) is 0 Å². The molecule has 5 nitrogen and oxygen atoms in total. The Hall–Kier alpha value is -1.11. The second-order valence-electron chi connectivity index (χ2n) is 7.48. The number of rotatable bonds is 7. The highest BCUT2D eigenvalue weighted by Gasteiger charge is 2.21. The molecule has 26 heavy (non-hydrogen) atoms. The van der Waals surface area contributed by atoms with Crippen LogP contribution in [0.1, 0.15) is 39.2 Å². The third-order valence-corrected chi connectivity index (χ3v) is 5.29. The lowest BCUT2D eigenvalue weighted by Crippen LogP contribution is -2.49. The number of ether oxygens (including phenoxy) is 1. The first-order valence-electron chi connectivity index (χ1n) is 9.48. The van der Waals surface area contributed by atoms with E-state index in [4.69, 9.17) is 9.73 Å². The van der Waals surface area contributed by atoms with Crippen molar-refractivity contribution in [2.24, 2.45) is 4.99 Å². The van der Waals surface area contributed by atoms with Gasteiger partial charge >= 0.3 is 0 Å². The predicted octanol–water partition coefficient (Wildman–Crippen LogP) is 3.39. The normalized spacial score (nSPS) is 17.3. The lowest BCUT2D eigenvalue weighted by molar-refractivity contribution is 0.0310. The number of guanidine groups is 1. The van der Waals surface area contributed by atoms with Crippen molar-refractivity contribution in [1.82, 2.24) is 15.5 Å². The first-order chi connectivity index (χ1) is 12.4. The monoisotopic (exact) mass is 424 g/mol. The molecule has 0 saturated carbocycles. The summed E-state index contributed by atoms with van der Waals surface area (Å²) in [5, 5.41) is 6.94. The number of methoxy groups -OCH3 is 1. The largest absolute Gasteiger partial charge is 0.377 e. The molecule has 2 rings (SSSR count). The summed E-state index contributed by atoms with van der Waals surface area (Å²) in [6.07, 6.45) is 2.27. The molecule has 0 unspecified atom stereocenters. The second kappa shape index (κ2) is 10.3. The van der Waals surface area contributed by atoms with Gasteiger partial charge in [-0.25, -0.2) is 0 Å². The van der Waals surface area contributed by atoms with Gasteiger partial charge < -0.3 is 15.4 Å². The van der Waals surface area contributed by atoms with Gasteiger partial charge in [0.15, 0.2) is 5.96 Å². The zero-order chi connectivity index (χ0) is 19.0. The SMILES string of the molecule is CCNC(=NCC(C)(C)OC)NC1CCN(Cc2ccc(Br)cc2)CC1. The summed E-state index contributed by atoms with van der Waals surface area (Å²) in [5.74, 6) is 0.893. The lowest BCUT2D eigenvalue weighted by Gasteiger charge is -2.33. The molecular weight excluding hydrogens is 392 g/mol. The number of benzene rings is 1. The number of nitrogens with one attached hydrogen (secondary N) is 2. The topological polar surface area (TPSA) is 48.9 Å². The van der Waals surface area contributed by atoms with Gasteiger partial charge in [0, 0.05) is 43.8 Å². The van der Waals surface area contributed by atoms with Crippen molar-refractivity contribution in [3.05, 3.63) is 34.3 Å². The van der Waals surface area contributed by atoms with E-state index in [0.717, 1.165) is 49.5 Å². The molecule has 1 aromatic rings. The minimum atomic E-state index is -0.240. The highest BCUT2D eigenvalue weighted by atomic mass is 79.9. The molecule has 1 heterocycles. The van der Waals surface area contributed by atoms with Crippen LogP contribution in [0.2, 0.25) is 0 Å². The molecule has 1 aliphatic heterocycles. The van der Waals surface area contributed by atoms with E-state index < -0.39 is 0 Å². The van der Waals surface area contributed by atoms with Crippen molar-refractivity contribution in [2.45, 2.75) is 51.8 Å². The molecule has 2 N–H and O–H groups in total. The quantitative estimate of drug-likeness (QED) is 0.520. The van der Waals surface area contributed by atoms with E-state index in [1.54, 1.807) is 7.11 Å². The third-order valence-electron chi connectivity index (χ3n) is 4.76. The summed E-state index contributed by atoms with van der Waals surface area (Å²) in [5.41, 5.74) is 1.13. The van der Waals surface area contributed by atoms with E-state index in [9.17, 15) is 0 Å². The number of halogens is 1. The predicted molar refractivity (Wildman–Crippen MR) is 113 cm³/mol. The summed E-state index contributed by atoms with van der Waals surface area (Å²) >= 11 is 3.50. The third kappa shape index (κ3) is 7.25. The molecule has 0 bridgehead atoms. The second-order valence-corrected chi connectivity index (χ2v) is 8.40. The summed E-state index contributed by atoms with van der Waals surface area (Å²) in [4.78, 5) is 7.22.